The fraction of sp³-hybridized carbons (Fsp3) is 0.294. The van der Waals surface area contributed by atoms with E-state index in [2.05, 4.69) is 41.9 Å². The predicted octanol–water partition coefficient (Wildman–Crippen LogP) is 5.70. The van der Waals surface area contributed by atoms with Gasteiger partial charge in [0.1, 0.15) is 6.10 Å². The summed E-state index contributed by atoms with van der Waals surface area (Å²) in [5.41, 5.74) is 2.87. The summed E-state index contributed by atoms with van der Waals surface area (Å²) in [7, 11) is 0. The van der Waals surface area contributed by atoms with Crippen molar-refractivity contribution in [2.45, 2.75) is 32.3 Å². The quantitative estimate of drug-likeness (QED) is 0.747. The summed E-state index contributed by atoms with van der Waals surface area (Å²) in [6.07, 6.45) is 0.408. The standard InChI is InChI=1S/C17H18BrClO/c1-3-11(2)12-4-6-13(7-5-12)17(20)15-10-14(18)8-9-16(15)19/h4-11,17,20H,3H2,1-2H3. The van der Waals surface area contributed by atoms with Crippen molar-refractivity contribution in [2.75, 3.05) is 0 Å². The minimum atomic E-state index is -0.703. The Morgan fingerprint density at radius 2 is 1.70 bits per heavy atom. The molecule has 0 spiro atoms. The third-order valence-electron chi connectivity index (χ3n) is 3.69. The summed E-state index contributed by atoms with van der Waals surface area (Å²) in [5, 5.41) is 11.1. The van der Waals surface area contributed by atoms with Crippen molar-refractivity contribution in [3.8, 4) is 0 Å². The summed E-state index contributed by atoms with van der Waals surface area (Å²) in [6.45, 7) is 4.38. The highest BCUT2D eigenvalue weighted by atomic mass is 79.9. The minimum Gasteiger partial charge on any atom is -0.384 e. The van der Waals surface area contributed by atoms with Crippen LogP contribution in [0.25, 0.3) is 0 Å². The molecule has 0 aliphatic rings. The number of aliphatic hydroxyl groups is 1. The summed E-state index contributed by atoms with van der Waals surface area (Å²) in [5.74, 6) is 0.538. The molecule has 0 radical (unpaired) electrons. The molecule has 0 aromatic heterocycles. The molecule has 106 valence electrons. The van der Waals surface area contributed by atoms with E-state index >= 15 is 0 Å². The van der Waals surface area contributed by atoms with Gasteiger partial charge >= 0.3 is 0 Å². The Morgan fingerprint density at radius 1 is 1.10 bits per heavy atom. The highest BCUT2D eigenvalue weighted by Crippen LogP contribution is 2.31. The van der Waals surface area contributed by atoms with Crippen molar-refractivity contribution in [1.29, 1.82) is 0 Å². The third kappa shape index (κ3) is 3.43. The van der Waals surface area contributed by atoms with Crippen LogP contribution in [-0.4, -0.2) is 5.11 Å². The fourth-order valence-corrected chi connectivity index (χ4v) is 2.75. The molecule has 0 saturated carbocycles. The lowest BCUT2D eigenvalue weighted by Crippen LogP contribution is -2.01. The first kappa shape index (κ1) is 15.6. The summed E-state index contributed by atoms with van der Waals surface area (Å²) >= 11 is 9.57. The van der Waals surface area contributed by atoms with Crippen LogP contribution in [0, 0.1) is 0 Å². The van der Waals surface area contributed by atoms with E-state index in [0.717, 1.165) is 22.0 Å². The maximum atomic E-state index is 10.5. The molecular weight excluding hydrogens is 336 g/mol. The third-order valence-corrected chi connectivity index (χ3v) is 4.52. The van der Waals surface area contributed by atoms with Gasteiger partial charge in [-0.25, -0.2) is 0 Å². The Balaban J connectivity index is 2.29. The molecule has 20 heavy (non-hydrogen) atoms. The molecule has 2 aromatic rings. The van der Waals surface area contributed by atoms with Gasteiger partial charge in [0.05, 0.1) is 0 Å². The smallest absolute Gasteiger partial charge is 0.106 e. The zero-order chi connectivity index (χ0) is 14.7. The van der Waals surface area contributed by atoms with Crippen molar-refractivity contribution in [1.82, 2.24) is 0 Å². The van der Waals surface area contributed by atoms with Crippen LogP contribution >= 0.6 is 27.5 Å². The van der Waals surface area contributed by atoms with Gasteiger partial charge in [0, 0.05) is 15.1 Å². The molecule has 0 bridgehead atoms. The van der Waals surface area contributed by atoms with E-state index in [1.165, 1.54) is 5.56 Å². The van der Waals surface area contributed by atoms with Crippen molar-refractivity contribution < 1.29 is 5.11 Å². The van der Waals surface area contributed by atoms with Gasteiger partial charge in [-0.3, -0.25) is 0 Å². The van der Waals surface area contributed by atoms with Gasteiger partial charge < -0.3 is 5.11 Å². The maximum absolute atomic E-state index is 10.5. The van der Waals surface area contributed by atoms with E-state index in [1.54, 1.807) is 6.07 Å². The van der Waals surface area contributed by atoms with Crippen LogP contribution in [0.15, 0.2) is 46.9 Å². The Morgan fingerprint density at radius 3 is 2.30 bits per heavy atom. The van der Waals surface area contributed by atoms with Crippen molar-refractivity contribution in [3.05, 3.63) is 68.7 Å². The molecule has 0 aliphatic carbocycles. The van der Waals surface area contributed by atoms with E-state index in [0.29, 0.717) is 10.9 Å². The molecule has 1 nitrogen and oxygen atoms in total. The van der Waals surface area contributed by atoms with Gasteiger partial charge in [0.2, 0.25) is 0 Å². The van der Waals surface area contributed by atoms with Crippen molar-refractivity contribution in [2.24, 2.45) is 0 Å². The largest absolute Gasteiger partial charge is 0.384 e. The van der Waals surface area contributed by atoms with E-state index in [1.807, 2.05) is 24.3 Å². The number of hydrogen-bond acceptors (Lipinski definition) is 1. The van der Waals surface area contributed by atoms with Crippen molar-refractivity contribution >= 4 is 27.5 Å². The fourth-order valence-electron chi connectivity index (χ4n) is 2.15. The second-order valence-electron chi connectivity index (χ2n) is 5.04. The Kier molecular flexibility index (Phi) is 5.25. The molecule has 2 unspecified atom stereocenters. The van der Waals surface area contributed by atoms with E-state index in [9.17, 15) is 5.11 Å². The highest BCUT2D eigenvalue weighted by Gasteiger charge is 2.14. The molecule has 0 amide bonds. The summed E-state index contributed by atoms with van der Waals surface area (Å²) < 4.78 is 0.909. The average molecular weight is 354 g/mol. The Hall–Kier alpha value is -0.830. The molecule has 2 rings (SSSR count). The van der Waals surface area contributed by atoms with Crippen LogP contribution in [-0.2, 0) is 0 Å². The monoisotopic (exact) mass is 352 g/mol. The van der Waals surface area contributed by atoms with Gasteiger partial charge in [0.15, 0.2) is 0 Å². The zero-order valence-corrected chi connectivity index (χ0v) is 13.9. The van der Waals surface area contributed by atoms with Crippen LogP contribution in [0.2, 0.25) is 5.02 Å². The number of halogens is 2. The lowest BCUT2D eigenvalue weighted by Gasteiger charge is -2.15. The van der Waals surface area contributed by atoms with Crippen molar-refractivity contribution in [3.63, 3.8) is 0 Å². The molecule has 1 N–H and O–H groups in total. The maximum Gasteiger partial charge on any atom is 0.106 e. The molecule has 3 heteroatoms. The lowest BCUT2D eigenvalue weighted by atomic mass is 9.95. The van der Waals surface area contributed by atoms with Crippen LogP contribution < -0.4 is 0 Å². The number of benzene rings is 2. The molecule has 0 saturated heterocycles. The minimum absolute atomic E-state index is 0.538. The first-order valence-corrected chi connectivity index (χ1v) is 7.93. The molecule has 2 atom stereocenters. The van der Waals surface area contributed by atoms with Crippen LogP contribution in [0.4, 0.5) is 0 Å². The lowest BCUT2D eigenvalue weighted by molar-refractivity contribution is 0.220. The highest BCUT2D eigenvalue weighted by molar-refractivity contribution is 9.10. The van der Waals surface area contributed by atoms with Crippen LogP contribution in [0.1, 0.15) is 49.0 Å². The number of rotatable bonds is 4. The summed E-state index contributed by atoms with van der Waals surface area (Å²) in [4.78, 5) is 0. The van der Waals surface area contributed by atoms with Crippen LogP contribution in [0.3, 0.4) is 0 Å². The first-order valence-electron chi connectivity index (χ1n) is 6.75. The van der Waals surface area contributed by atoms with Gasteiger partial charge in [-0.05, 0) is 41.7 Å². The van der Waals surface area contributed by atoms with Gasteiger partial charge in [-0.1, -0.05) is 65.6 Å². The van der Waals surface area contributed by atoms with Gasteiger partial charge in [-0.15, -0.1) is 0 Å². The molecular formula is C17H18BrClO. The van der Waals surface area contributed by atoms with Gasteiger partial charge in [0.25, 0.3) is 0 Å². The average Bonchev–Trinajstić information content (AvgIpc) is 2.48. The SMILES string of the molecule is CCC(C)c1ccc(C(O)c2cc(Br)ccc2Cl)cc1. The normalized spacial score (nSPS) is 14.1. The zero-order valence-electron chi connectivity index (χ0n) is 11.6. The molecule has 0 aliphatic heterocycles. The number of hydrogen-bond donors (Lipinski definition) is 1. The van der Waals surface area contributed by atoms with Crippen LogP contribution in [0.5, 0.6) is 0 Å². The van der Waals surface area contributed by atoms with E-state index in [4.69, 9.17) is 11.6 Å². The molecule has 2 aromatic carbocycles. The van der Waals surface area contributed by atoms with E-state index < -0.39 is 6.10 Å². The Labute approximate surface area is 133 Å². The second kappa shape index (κ2) is 6.75. The Bertz CT molecular complexity index is 580. The number of aliphatic hydroxyl groups excluding tert-OH is 1. The second-order valence-corrected chi connectivity index (χ2v) is 6.37. The predicted molar refractivity (Wildman–Crippen MR) is 88.4 cm³/mol. The molecule has 0 heterocycles. The molecule has 0 fully saturated rings. The topological polar surface area (TPSA) is 20.2 Å². The summed E-state index contributed by atoms with van der Waals surface area (Å²) in [6, 6.07) is 13.6. The van der Waals surface area contributed by atoms with Gasteiger partial charge in [-0.2, -0.15) is 0 Å². The first-order chi connectivity index (χ1) is 9.52. The van der Waals surface area contributed by atoms with E-state index in [-0.39, 0.29) is 0 Å².